The Hall–Kier alpha value is -1.65. The number of carbonyl (C=O) groups excluding carboxylic acids is 3. The van der Waals surface area contributed by atoms with Crippen LogP contribution in [0.2, 0.25) is 0 Å². The highest BCUT2D eigenvalue weighted by Crippen LogP contribution is 2.27. The molecule has 0 radical (unpaired) electrons. The van der Waals surface area contributed by atoms with Crippen molar-refractivity contribution in [2.45, 2.75) is 19.3 Å². The van der Waals surface area contributed by atoms with E-state index in [4.69, 9.17) is 0 Å². The summed E-state index contributed by atoms with van der Waals surface area (Å²) < 4.78 is 0. The van der Waals surface area contributed by atoms with E-state index in [1.165, 1.54) is 0 Å². The molecule has 0 amide bonds. The minimum atomic E-state index is 0.0613. The second-order valence-corrected chi connectivity index (χ2v) is 2.49. The van der Waals surface area contributed by atoms with Crippen LogP contribution in [0.25, 0.3) is 0 Å². The van der Waals surface area contributed by atoms with Gasteiger partial charge in [-0.3, -0.25) is 0 Å². The number of hydrogen-bond acceptors (Lipinski definition) is 3. The van der Waals surface area contributed by atoms with Crippen LogP contribution in [0.5, 0.6) is 0 Å². The molecule has 1 fully saturated rings. The first-order valence-electron chi connectivity index (χ1n) is 3.57. The maximum atomic E-state index is 10.3. The molecule has 3 heteroatoms. The highest BCUT2D eigenvalue weighted by Gasteiger charge is 2.19. The van der Waals surface area contributed by atoms with E-state index in [-0.39, 0.29) is 16.7 Å². The first-order chi connectivity index (χ1) is 5.83. The summed E-state index contributed by atoms with van der Waals surface area (Å²) in [5, 5.41) is 0. The summed E-state index contributed by atoms with van der Waals surface area (Å²) in [5.41, 5.74) is 0.551. The summed E-state index contributed by atoms with van der Waals surface area (Å²) in [6, 6.07) is 0. The van der Waals surface area contributed by atoms with E-state index in [2.05, 4.69) is 0 Å². The average molecular weight is 162 g/mol. The van der Waals surface area contributed by atoms with Crippen molar-refractivity contribution in [2.24, 2.45) is 0 Å². The third kappa shape index (κ3) is 1.34. The summed E-state index contributed by atoms with van der Waals surface area (Å²) in [6.45, 7) is 0. The zero-order valence-electron chi connectivity index (χ0n) is 6.35. The van der Waals surface area contributed by atoms with Crippen LogP contribution in [0.3, 0.4) is 0 Å². The highest BCUT2D eigenvalue weighted by atomic mass is 16.1. The van der Waals surface area contributed by atoms with Crippen LogP contribution in [0.4, 0.5) is 0 Å². The third-order valence-electron chi connectivity index (χ3n) is 1.81. The molecule has 3 nitrogen and oxygen atoms in total. The topological polar surface area (TPSA) is 51.2 Å². The lowest BCUT2D eigenvalue weighted by molar-refractivity contribution is 0.558. The van der Waals surface area contributed by atoms with Gasteiger partial charge in [-0.25, -0.2) is 14.4 Å². The first-order valence-corrected chi connectivity index (χ1v) is 3.57. The van der Waals surface area contributed by atoms with Crippen LogP contribution >= 0.6 is 0 Å². The molecule has 0 saturated heterocycles. The molecular weight excluding hydrogens is 156 g/mol. The van der Waals surface area contributed by atoms with Gasteiger partial charge in [0, 0.05) is 0 Å². The maximum Gasteiger partial charge on any atom is 0.134 e. The molecule has 0 aliphatic heterocycles. The van der Waals surface area contributed by atoms with E-state index in [0.717, 1.165) is 0 Å². The Labute approximate surface area is 69.1 Å². The molecule has 0 unspecified atom stereocenters. The van der Waals surface area contributed by atoms with Crippen molar-refractivity contribution in [3.63, 3.8) is 0 Å². The Kier molecular flexibility index (Phi) is 2.57. The highest BCUT2D eigenvalue weighted by molar-refractivity contribution is 5.83. The summed E-state index contributed by atoms with van der Waals surface area (Å²) in [6.07, 6.45) is 1.69. The molecule has 60 valence electrons. The van der Waals surface area contributed by atoms with Gasteiger partial charge in [0.05, 0.1) is 16.7 Å². The normalized spacial score (nSPS) is 16.5. The van der Waals surface area contributed by atoms with Crippen molar-refractivity contribution in [2.75, 3.05) is 0 Å². The monoisotopic (exact) mass is 162 g/mol. The van der Waals surface area contributed by atoms with Gasteiger partial charge in [0.2, 0.25) is 0 Å². The molecule has 1 saturated carbocycles. The van der Waals surface area contributed by atoms with Gasteiger partial charge in [-0.2, -0.15) is 0 Å². The van der Waals surface area contributed by atoms with Crippen molar-refractivity contribution < 1.29 is 14.4 Å². The molecule has 12 heavy (non-hydrogen) atoms. The zero-order valence-corrected chi connectivity index (χ0v) is 6.35. The molecule has 0 atom stereocenters. The van der Waals surface area contributed by atoms with Gasteiger partial charge < -0.3 is 0 Å². The van der Waals surface area contributed by atoms with Crippen LogP contribution in [0, 0.1) is 0 Å². The van der Waals surface area contributed by atoms with Crippen molar-refractivity contribution in [3.05, 3.63) is 16.7 Å². The van der Waals surface area contributed by atoms with Gasteiger partial charge in [-0.05, 0) is 19.3 Å². The number of hydrogen-bond donors (Lipinski definition) is 0. The fraction of sp³-hybridized carbons (Fsp3) is 0.333. The molecule has 0 bridgehead atoms. The van der Waals surface area contributed by atoms with Crippen LogP contribution in [0.1, 0.15) is 19.3 Å². The van der Waals surface area contributed by atoms with Crippen molar-refractivity contribution in [1.29, 1.82) is 0 Å². The van der Waals surface area contributed by atoms with Gasteiger partial charge in [0.25, 0.3) is 0 Å². The van der Waals surface area contributed by atoms with Gasteiger partial charge in [-0.1, -0.05) is 0 Å². The van der Waals surface area contributed by atoms with E-state index in [0.29, 0.717) is 19.3 Å². The molecule has 1 aliphatic rings. The van der Waals surface area contributed by atoms with E-state index in [1.807, 2.05) is 0 Å². The van der Waals surface area contributed by atoms with E-state index >= 15 is 0 Å². The Morgan fingerprint density at radius 1 is 0.833 bits per heavy atom. The fourth-order valence-corrected chi connectivity index (χ4v) is 1.20. The third-order valence-corrected chi connectivity index (χ3v) is 1.81. The number of allylic oxidation sites excluding steroid dienone is 3. The summed E-state index contributed by atoms with van der Waals surface area (Å²) >= 11 is 0. The lowest BCUT2D eigenvalue weighted by atomic mass is 9.88. The van der Waals surface area contributed by atoms with Crippen molar-refractivity contribution in [1.82, 2.24) is 0 Å². The van der Waals surface area contributed by atoms with E-state index in [1.54, 1.807) is 17.8 Å². The smallest absolute Gasteiger partial charge is 0.134 e. The lowest BCUT2D eigenvalue weighted by Crippen LogP contribution is -2.04. The zero-order chi connectivity index (χ0) is 8.97. The molecule has 1 rings (SSSR count). The van der Waals surface area contributed by atoms with Crippen LogP contribution < -0.4 is 0 Å². The molecule has 1 aliphatic carbocycles. The SMILES string of the molecule is O=C=C1CCCC(=C=O)C1=C=O. The standard InChI is InChI=1S/C9H6O3/c10-4-7-2-1-3-8(5-11)9(7)6-12/h1-3H2. The molecular formula is C9H6O3. The Morgan fingerprint density at radius 2 is 1.33 bits per heavy atom. The second-order valence-electron chi connectivity index (χ2n) is 2.49. The molecule has 0 aromatic carbocycles. The predicted octanol–water partition coefficient (Wildman–Crippen LogP) is 0.444. The Morgan fingerprint density at radius 3 is 1.67 bits per heavy atom. The van der Waals surface area contributed by atoms with Gasteiger partial charge in [0.15, 0.2) is 0 Å². The lowest BCUT2D eigenvalue weighted by Gasteiger charge is -2.11. The molecule has 0 N–H and O–H groups in total. The van der Waals surface area contributed by atoms with Crippen LogP contribution in [0.15, 0.2) is 16.7 Å². The second kappa shape index (κ2) is 3.66. The van der Waals surface area contributed by atoms with E-state index < -0.39 is 0 Å². The molecule has 0 heterocycles. The Bertz CT molecular complexity index is 318. The quantitative estimate of drug-likeness (QED) is 0.486. The molecule has 0 aromatic rings. The van der Waals surface area contributed by atoms with Gasteiger partial charge >= 0.3 is 0 Å². The molecule has 0 aromatic heterocycles. The van der Waals surface area contributed by atoms with Gasteiger partial charge in [-0.15, -0.1) is 0 Å². The van der Waals surface area contributed by atoms with Crippen LogP contribution in [-0.2, 0) is 14.4 Å². The molecule has 0 spiro atoms. The minimum Gasteiger partial charge on any atom is -0.233 e. The number of rotatable bonds is 0. The minimum absolute atomic E-state index is 0.0613. The first kappa shape index (κ1) is 8.45. The largest absolute Gasteiger partial charge is 0.233 e. The maximum absolute atomic E-state index is 10.3. The van der Waals surface area contributed by atoms with Crippen molar-refractivity contribution >= 4 is 17.8 Å². The summed E-state index contributed by atoms with van der Waals surface area (Å²) in [7, 11) is 0. The van der Waals surface area contributed by atoms with Gasteiger partial charge in [0.1, 0.15) is 17.8 Å². The van der Waals surface area contributed by atoms with Crippen molar-refractivity contribution in [3.8, 4) is 0 Å². The summed E-state index contributed by atoms with van der Waals surface area (Å²) in [5.74, 6) is 4.85. The predicted molar refractivity (Wildman–Crippen MR) is 41.5 cm³/mol. The average Bonchev–Trinajstić information content (AvgIpc) is 2.16. The van der Waals surface area contributed by atoms with E-state index in [9.17, 15) is 14.4 Å². The van der Waals surface area contributed by atoms with Crippen LogP contribution in [-0.4, -0.2) is 17.8 Å². The summed E-state index contributed by atoms with van der Waals surface area (Å²) in [4.78, 5) is 30.9. The Balaban J connectivity index is 3.23. The fourth-order valence-electron chi connectivity index (χ4n) is 1.20.